The Morgan fingerprint density at radius 1 is 1.10 bits per heavy atom. The first-order valence-corrected chi connectivity index (χ1v) is 11.0. The second-order valence-corrected chi connectivity index (χ2v) is 9.06. The lowest BCUT2D eigenvalue weighted by Crippen LogP contribution is -2.56. The van der Waals surface area contributed by atoms with E-state index in [1.54, 1.807) is 7.11 Å². The molecule has 0 radical (unpaired) electrons. The minimum Gasteiger partial charge on any atom is -0.496 e. The van der Waals surface area contributed by atoms with Gasteiger partial charge in [0.1, 0.15) is 5.75 Å². The molecule has 2 fully saturated rings. The summed E-state index contributed by atoms with van der Waals surface area (Å²) in [7, 11) is 1.73. The largest absolute Gasteiger partial charge is 0.496 e. The van der Waals surface area contributed by atoms with Crippen molar-refractivity contribution >= 4 is 5.91 Å². The summed E-state index contributed by atoms with van der Waals surface area (Å²) in [6.45, 7) is 15.7. The second-order valence-electron chi connectivity index (χ2n) is 9.06. The van der Waals surface area contributed by atoms with E-state index in [1.807, 2.05) is 6.07 Å². The van der Waals surface area contributed by atoms with Crippen LogP contribution in [0.15, 0.2) is 18.2 Å². The number of rotatable bonds is 8. The molecule has 2 heterocycles. The van der Waals surface area contributed by atoms with Crippen LogP contribution in [0.4, 0.5) is 0 Å². The summed E-state index contributed by atoms with van der Waals surface area (Å²) in [4.78, 5) is 19.6. The van der Waals surface area contributed by atoms with Crippen molar-refractivity contribution in [1.29, 1.82) is 0 Å². The number of hydrogen-bond acceptors (Lipinski definition) is 6. The molecule has 0 atom stereocenters. The molecular weight excluding hydrogens is 380 g/mol. The molecule has 0 aliphatic carbocycles. The molecule has 0 saturated carbocycles. The fraction of sp³-hybridized carbons (Fsp3) is 0.696. The molecule has 2 aliphatic heterocycles. The van der Waals surface area contributed by atoms with Crippen molar-refractivity contribution in [2.75, 3.05) is 72.7 Å². The lowest BCUT2D eigenvalue weighted by molar-refractivity contribution is -0.123. The number of benzene rings is 1. The number of aryl methyl sites for hydroxylation is 1. The number of carbonyl (C=O) groups excluding carboxylic acids is 1. The summed E-state index contributed by atoms with van der Waals surface area (Å²) in [5, 5.41) is 3.15. The Morgan fingerprint density at radius 3 is 2.43 bits per heavy atom. The first kappa shape index (κ1) is 23.0. The van der Waals surface area contributed by atoms with Crippen LogP contribution in [-0.4, -0.2) is 98.8 Å². The Bertz CT molecular complexity index is 696. The van der Waals surface area contributed by atoms with Crippen LogP contribution in [0.1, 0.15) is 25.0 Å². The third-order valence-electron chi connectivity index (χ3n) is 6.25. The molecule has 7 nitrogen and oxygen atoms in total. The molecule has 0 unspecified atom stereocenters. The van der Waals surface area contributed by atoms with Gasteiger partial charge in [0.2, 0.25) is 5.91 Å². The van der Waals surface area contributed by atoms with Crippen LogP contribution in [0.5, 0.6) is 5.75 Å². The van der Waals surface area contributed by atoms with Crippen molar-refractivity contribution in [2.24, 2.45) is 0 Å². The zero-order chi connectivity index (χ0) is 21.6. The highest BCUT2D eigenvalue weighted by Crippen LogP contribution is 2.22. The first-order chi connectivity index (χ1) is 14.4. The highest BCUT2D eigenvalue weighted by Gasteiger charge is 2.29. The number of amides is 1. The van der Waals surface area contributed by atoms with E-state index >= 15 is 0 Å². The average molecular weight is 419 g/mol. The van der Waals surface area contributed by atoms with E-state index in [4.69, 9.17) is 9.47 Å². The summed E-state index contributed by atoms with van der Waals surface area (Å²) in [5.41, 5.74) is 2.43. The number of piperazine rings is 1. The number of morpholine rings is 1. The van der Waals surface area contributed by atoms with Gasteiger partial charge in [-0.15, -0.1) is 0 Å². The third-order valence-corrected chi connectivity index (χ3v) is 6.25. The van der Waals surface area contributed by atoms with E-state index in [1.165, 1.54) is 11.1 Å². The maximum Gasteiger partial charge on any atom is 0.234 e. The fourth-order valence-corrected chi connectivity index (χ4v) is 4.23. The molecule has 1 aromatic carbocycles. The Hall–Kier alpha value is -1.67. The van der Waals surface area contributed by atoms with E-state index in [-0.39, 0.29) is 11.4 Å². The van der Waals surface area contributed by atoms with Gasteiger partial charge in [0.15, 0.2) is 0 Å². The SMILES string of the molecule is COc1ccc(C)cc1CN1CCN(CC(=O)NCC(C)(C)N2CCOCC2)CC1. The highest BCUT2D eigenvalue weighted by molar-refractivity contribution is 5.78. The van der Waals surface area contributed by atoms with Crippen LogP contribution in [-0.2, 0) is 16.1 Å². The zero-order valence-corrected chi connectivity index (χ0v) is 19.1. The van der Waals surface area contributed by atoms with Crippen molar-refractivity contribution in [3.8, 4) is 5.75 Å². The van der Waals surface area contributed by atoms with Gasteiger partial charge in [0.25, 0.3) is 0 Å². The van der Waals surface area contributed by atoms with Crippen LogP contribution >= 0.6 is 0 Å². The number of nitrogens with one attached hydrogen (secondary N) is 1. The van der Waals surface area contributed by atoms with Gasteiger partial charge in [-0.05, 0) is 26.8 Å². The first-order valence-electron chi connectivity index (χ1n) is 11.0. The summed E-state index contributed by atoms with van der Waals surface area (Å²) >= 11 is 0. The number of nitrogens with zero attached hydrogens (tertiary/aromatic N) is 3. The molecule has 2 aliphatic rings. The molecule has 168 valence electrons. The van der Waals surface area contributed by atoms with Gasteiger partial charge in [0.05, 0.1) is 26.9 Å². The summed E-state index contributed by atoms with van der Waals surface area (Å²) < 4.78 is 11.0. The summed E-state index contributed by atoms with van der Waals surface area (Å²) in [6, 6.07) is 6.33. The number of carbonyl (C=O) groups is 1. The molecular formula is C23H38N4O3. The molecule has 3 rings (SSSR count). The van der Waals surface area contributed by atoms with Crippen LogP contribution < -0.4 is 10.1 Å². The topological polar surface area (TPSA) is 57.3 Å². The lowest BCUT2D eigenvalue weighted by atomic mass is 10.0. The molecule has 30 heavy (non-hydrogen) atoms. The van der Waals surface area contributed by atoms with Crippen molar-refractivity contribution < 1.29 is 14.3 Å². The molecule has 2 saturated heterocycles. The van der Waals surface area contributed by atoms with E-state index in [0.29, 0.717) is 13.1 Å². The fourth-order valence-electron chi connectivity index (χ4n) is 4.23. The van der Waals surface area contributed by atoms with Gasteiger partial charge >= 0.3 is 0 Å². The molecule has 1 N–H and O–H groups in total. The van der Waals surface area contributed by atoms with Gasteiger partial charge in [-0.1, -0.05) is 17.7 Å². The monoisotopic (exact) mass is 418 g/mol. The third kappa shape index (κ3) is 6.41. The van der Waals surface area contributed by atoms with Gasteiger partial charge in [-0.25, -0.2) is 0 Å². The highest BCUT2D eigenvalue weighted by atomic mass is 16.5. The van der Waals surface area contributed by atoms with E-state index < -0.39 is 0 Å². The minimum atomic E-state index is -0.0506. The molecule has 0 spiro atoms. The maximum absolute atomic E-state index is 12.5. The normalized spacial score (nSPS) is 19.6. The van der Waals surface area contributed by atoms with Crippen molar-refractivity contribution in [3.63, 3.8) is 0 Å². The molecule has 0 aromatic heterocycles. The van der Waals surface area contributed by atoms with Crippen molar-refractivity contribution in [1.82, 2.24) is 20.0 Å². The average Bonchev–Trinajstić information content (AvgIpc) is 2.75. The smallest absolute Gasteiger partial charge is 0.234 e. The number of methoxy groups -OCH3 is 1. The molecule has 1 amide bonds. The van der Waals surface area contributed by atoms with Crippen molar-refractivity contribution in [3.05, 3.63) is 29.3 Å². The standard InChI is InChI=1S/C23H38N4O3/c1-19-5-6-21(29-4)20(15-19)16-25-7-9-26(10-8-25)17-22(28)24-18-23(2,3)27-11-13-30-14-12-27/h5-6,15H,7-14,16-18H2,1-4H3,(H,24,28). The minimum absolute atomic E-state index is 0.0506. The maximum atomic E-state index is 12.5. The Labute approximate surface area is 181 Å². The van der Waals surface area contributed by atoms with Crippen LogP contribution in [0, 0.1) is 6.92 Å². The number of hydrogen-bond donors (Lipinski definition) is 1. The lowest BCUT2D eigenvalue weighted by Gasteiger charge is -2.41. The zero-order valence-electron chi connectivity index (χ0n) is 19.1. The van der Waals surface area contributed by atoms with Gasteiger partial charge < -0.3 is 14.8 Å². The second kappa shape index (κ2) is 10.6. The van der Waals surface area contributed by atoms with E-state index in [2.05, 4.69) is 52.9 Å². The predicted molar refractivity (Wildman–Crippen MR) is 119 cm³/mol. The van der Waals surface area contributed by atoms with Crippen LogP contribution in [0.2, 0.25) is 0 Å². The van der Waals surface area contributed by atoms with Crippen LogP contribution in [0.3, 0.4) is 0 Å². The predicted octanol–water partition coefficient (Wildman–Crippen LogP) is 1.35. The Balaban J connectivity index is 1.40. The Kier molecular flexibility index (Phi) is 8.11. The van der Waals surface area contributed by atoms with Gasteiger partial charge in [0, 0.05) is 63.5 Å². The van der Waals surface area contributed by atoms with E-state index in [0.717, 1.165) is 64.8 Å². The molecule has 1 aromatic rings. The van der Waals surface area contributed by atoms with Gasteiger partial charge in [-0.3, -0.25) is 19.5 Å². The quantitative estimate of drug-likeness (QED) is 0.688. The van der Waals surface area contributed by atoms with E-state index in [9.17, 15) is 4.79 Å². The number of ether oxygens (including phenoxy) is 2. The summed E-state index contributed by atoms with van der Waals surface area (Å²) in [6.07, 6.45) is 0. The summed E-state index contributed by atoms with van der Waals surface area (Å²) in [5.74, 6) is 1.07. The Morgan fingerprint density at radius 2 is 1.77 bits per heavy atom. The van der Waals surface area contributed by atoms with Crippen LogP contribution in [0.25, 0.3) is 0 Å². The van der Waals surface area contributed by atoms with Crippen molar-refractivity contribution in [2.45, 2.75) is 32.9 Å². The van der Waals surface area contributed by atoms with Gasteiger partial charge in [-0.2, -0.15) is 0 Å². The molecule has 7 heteroatoms. The molecule has 0 bridgehead atoms.